The first-order valence-corrected chi connectivity index (χ1v) is 12.9. The zero-order valence-corrected chi connectivity index (χ0v) is 21.9. The van der Waals surface area contributed by atoms with E-state index in [9.17, 15) is 18.0 Å². The smallest absolute Gasteiger partial charge is 0.244 e. The highest BCUT2D eigenvalue weighted by Gasteiger charge is 2.31. The summed E-state index contributed by atoms with van der Waals surface area (Å²) < 4.78 is 31.3. The number of sulfonamides is 1. The first-order valence-electron chi connectivity index (χ1n) is 10.7. The number of methoxy groups -OCH3 is 1. The van der Waals surface area contributed by atoms with Gasteiger partial charge >= 0.3 is 0 Å². The zero-order chi connectivity index (χ0) is 25.7. The number of amides is 2. The summed E-state index contributed by atoms with van der Waals surface area (Å²) in [7, 11) is -2.29. The second kappa shape index (κ2) is 11.1. The Labute approximate surface area is 206 Å². The standard InChI is InChI=1S/C24H32ClN3O5S/c1-17(23(30)26-24(2,3)4)27(15-18-7-9-19(25)10-8-18)22(29)16-28(34(6,31)32)20-11-13-21(33-5)14-12-20/h7-14,17H,15-16H2,1-6H3,(H,26,30)/t17-/m1/s1. The number of hydrogen-bond donors (Lipinski definition) is 1. The van der Waals surface area contributed by atoms with Gasteiger partial charge in [0.2, 0.25) is 21.8 Å². The van der Waals surface area contributed by atoms with Gasteiger partial charge in [0.15, 0.2) is 0 Å². The molecule has 0 spiro atoms. The van der Waals surface area contributed by atoms with E-state index in [-0.39, 0.29) is 12.5 Å². The fraction of sp³-hybridized carbons (Fsp3) is 0.417. The fourth-order valence-corrected chi connectivity index (χ4v) is 4.18. The van der Waals surface area contributed by atoms with Crippen LogP contribution in [-0.4, -0.2) is 56.6 Å². The van der Waals surface area contributed by atoms with Gasteiger partial charge in [-0.25, -0.2) is 8.42 Å². The lowest BCUT2D eigenvalue weighted by Gasteiger charge is -2.33. The van der Waals surface area contributed by atoms with Crippen LogP contribution in [0.25, 0.3) is 0 Å². The maximum absolute atomic E-state index is 13.5. The Hall–Kier alpha value is -2.78. The SMILES string of the molecule is COc1ccc(N(CC(=O)N(Cc2ccc(Cl)cc2)[C@H](C)C(=O)NC(C)(C)C)S(C)(=O)=O)cc1. The van der Waals surface area contributed by atoms with Gasteiger partial charge in [-0.05, 0) is 69.7 Å². The van der Waals surface area contributed by atoms with Crippen molar-refractivity contribution in [2.75, 3.05) is 24.2 Å². The number of anilines is 1. The van der Waals surface area contributed by atoms with Crippen molar-refractivity contribution in [1.29, 1.82) is 0 Å². The molecule has 0 aromatic heterocycles. The lowest BCUT2D eigenvalue weighted by atomic mass is 10.1. The van der Waals surface area contributed by atoms with Crippen molar-refractivity contribution >= 4 is 39.1 Å². The summed E-state index contributed by atoms with van der Waals surface area (Å²) in [5.41, 5.74) is 0.570. The monoisotopic (exact) mass is 509 g/mol. The lowest BCUT2D eigenvalue weighted by Crippen LogP contribution is -2.54. The van der Waals surface area contributed by atoms with Crippen LogP contribution in [0, 0.1) is 0 Å². The van der Waals surface area contributed by atoms with E-state index in [0.29, 0.717) is 16.5 Å². The first kappa shape index (κ1) is 27.5. The van der Waals surface area contributed by atoms with Crippen molar-refractivity contribution in [2.45, 2.75) is 45.8 Å². The van der Waals surface area contributed by atoms with Crippen molar-refractivity contribution in [1.82, 2.24) is 10.2 Å². The highest BCUT2D eigenvalue weighted by Crippen LogP contribution is 2.22. The Morgan fingerprint density at radius 3 is 2.09 bits per heavy atom. The van der Waals surface area contributed by atoms with Crippen LogP contribution in [0.4, 0.5) is 5.69 Å². The zero-order valence-electron chi connectivity index (χ0n) is 20.3. The van der Waals surface area contributed by atoms with Gasteiger partial charge in [-0.3, -0.25) is 13.9 Å². The van der Waals surface area contributed by atoms with Crippen LogP contribution in [0.15, 0.2) is 48.5 Å². The van der Waals surface area contributed by atoms with Crippen molar-refractivity contribution in [3.05, 3.63) is 59.1 Å². The first-order chi connectivity index (χ1) is 15.7. The Morgan fingerprint density at radius 1 is 1.06 bits per heavy atom. The molecule has 0 saturated carbocycles. The number of carbonyl (C=O) groups excluding carboxylic acids is 2. The van der Waals surface area contributed by atoms with Gasteiger partial charge in [-0.15, -0.1) is 0 Å². The van der Waals surface area contributed by atoms with Crippen molar-refractivity contribution in [3.8, 4) is 5.75 Å². The molecule has 0 aliphatic rings. The number of carbonyl (C=O) groups is 2. The second-order valence-corrected chi connectivity index (χ2v) is 11.4. The number of hydrogen-bond acceptors (Lipinski definition) is 5. The van der Waals surface area contributed by atoms with Crippen molar-refractivity contribution in [2.24, 2.45) is 0 Å². The molecular weight excluding hydrogens is 478 g/mol. The van der Waals surface area contributed by atoms with Gasteiger partial charge in [0.05, 0.1) is 19.1 Å². The molecule has 0 radical (unpaired) electrons. The summed E-state index contributed by atoms with van der Waals surface area (Å²) in [5.74, 6) is -0.307. The predicted octanol–water partition coefficient (Wildman–Crippen LogP) is 3.45. The van der Waals surface area contributed by atoms with Gasteiger partial charge in [0.1, 0.15) is 18.3 Å². The third-order valence-electron chi connectivity index (χ3n) is 4.97. The molecule has 0 aliphatic heterocycles. The molecule has 2 aromatic carbocycles. The van der Waals surface area contributed by atoms with Crippen LogP contribution in [0.2, 0.25) is 5.02 Å². The molecule has 1 atom stereocenters. The molecule has 186 valence electrons. The molecule has 1 N–H and O–H groups in total. The Balaban J connectivity index is 2.38. The Bertz CT molecular complexity index is 1100. The van der Waals surface area contributed by atoms with E-state index in [0.717, 1.165) is 16.1 Å². The van der Waals surface area contributed by atoms with Crippen LogP contribution in [0.5, 0.6) is 5.75 Å². The quantitative estimate of drug-likeness (QED) is 0.558. The van der Waals surface area contributed by atoms with E-state index in [1.54, 1.807) is 55.5 Å². The molecule has 8 nitrogen and oxygen atoms in total. The molecule has 0 fully saturated rings. The number of nitrogens with one attached hydrogen (secondary N) is 1. The summed E-state index contributed by atoms with van der Waals surface area (Å²) in [6, 6.07) is 12.4. The van der Waals surface area contributed by atoms with Crippen LogP contribution in [0.3, 0.4) is 0 Å². The predicted molar refractivity (Wildman–Crippen MR) is 135 cm³/mol. The maximum atomic E-state index is 13.5. The normalized spacial score (nSPS) is 12.6. The van der Waals surface area contributed by atoms with E-state index in [2.05, 4.69) is 5.32 Å². The van der Waals surface area contributed by atoms with Gasteiger partial charge in [-0.2, -0.15) is 0 Å². The molecule has 34 heavy (non-hydrogen) atoms. The molecule has 0 heterocycles. The average Bonchev–Trinajstić information content (AvgIpc) is 2.74. The number of halogens is 1. The molecule has 2 aromatic rings. The summed E-state index contributed by atoms with van der Waals surface area (Å²) in [5, 5.41) is 3.42. The Kier molecular flexibility index (Phi) is 8.96. The van der Waals surface area contributed by atoms with E-state index < -0.39 is 34.1 Å². The largest absolute Gasteiger partial charge is 0.497 e. The number of nitrogens with zero attached hydrogens (tertiary/aromatic N) is 2. The molecule has 0 saturated heterocycles. The third-order valence-corrected chi connectivity index (χ3v) is 6.36. The molecular formula is C24H32ClN3O5S. The molecule has 2 amide bonds. The minimum Gasteiger partial charge on any atom is -0.497 e. The fourth-order valence-electron chi connectivity index (χ4n) is 3.21. The lowest BCUT2D eigenvalue weighted by molar-refractivity contribution is -0.140. The summed E-state index contributed by atoms with van der Waals surface area (Å²) in [4.78, 5) is 27.7. The summed E-state index contributed by atoms with van der Waals surface area (Å²) in [6.45, 7) is 6.79. The van der Waals surface area contributed by atoms with Crippen LogP contribution < -0.4 is 14.4 Å². The molecule has 0 aliphatic carbocycles. The number of benzene rings is 2. The minimum atomic E-state index is -3.79. The van der Waals surface area contributed by atoms with Gasteiger partial charge in [0.25, 0.3) is 0 Å². The third kappa shape index (κ3) is 7.92. The van der Waals surface area contributed by atoms with Gasteiger partial charge in [0, 0.05) is 17.1 Å². The van der Waals surface area contributed by atoms with E-state index in [1.165, 1.54) is 12.0 Å². The second-order valence-electron chi connectivity index (χ2n) is 9.03. The topological polar surface area (TPSA) is 96.0 Å². The highest BCUT2D eigenvalue weighted by atomic mass is 35.5. The van der Waals surface area contributed by atoms with Crippen LogP contribution in [-0.2, 0) is 26.2 Å². The molecule has 0 bridgehead atoms. The van der Waals surface area contributed by atoms with Crippen LogP contribution >= 0.6 is 11.6 Å². The molecule has 0 unspecified atom stereocenters. The number of ether oxygens (including phenoxy) is 1. The van der Waals surface area contributed by atoms with E-state index in [1.807, 2.05) is 20.8 Å². The van der Waals surface area contributed by atoms with Crippen molar-refractivity contribution in [3.63, 3.8) is 0 Å². The van der Waals surface area contributed by atoms with Crippen LogP contribution in [0.1, 0.15) is 33.3 Å². The summed E-state index contributed by atoms with van der Waals surface area (Å²) >= 11 is 5.98. The minimum absolute atomic E-state index is 0.106. The summed E-state index contributed by atoms with van der Waals surface area (Å²) in [6.07, 6.45) is 1.03. The highest BCUT2D eigenvalue weighted by molar-refractivity contribution is 7.92. The number of rotatable bonds is 9. The molecule has 10 heteroatoms. The Morgan fingerprint density at radius 2 is 1.62 bits per heavy atom. The van der Waals surface area contributed by atoms with Gasteiger partial charge in [-0.1, -0.05) is 23.7 Å². The average molecular weight is 510 g/mol. The van der Waals surface area contributed by atoms with E-state index in [4.69, 9.17) is 16.3 Å². The molecule has 2 rings (SSSR count). The van der Waals surface area contributed by atoms with Gasteiger partial charge < -0.3 is 15.0 Å². The maximum Gasteiger partial charge on any atom is 0.244 e. The van der Waals surface area contributed by atoms with Crippen molar-refractivity contribution < 1.29 is 22.7 Å². The van der Waals surface area contributed by atoms with E-state index >= 15 is 0 Å².